The van der Waals surface area contributed by atoms with Crippen molar-refractivity contribution in [3.8, 4) is 23.0 Å². The first-order valence-electron chi connectivity index (χ1n) is 10.5. The van der Waals surface area contributed by atoms with E-state index in [1.165, 1.54) is 19.2 Å². The van der Waals surface area contributed by atoms with E-state index in [0.717, 1.165) is 12.5 Å². The number of benzene rings is 3. The van der Waals surface area contributed by atoms with Crippen LogP contribution in [0.3, 0.4) is 0 Å². The van der Waals surface area contributed by atoms with Crippen molar-refractivity contribution < 1.29 is 32.5 Å². The van der Waals surface area contributed by atoms with Crippen molar-refractivity contribution in [2.75, 3.05) is 30.4 Å². The zero-order valence-electron chi connectivity index (χ0n) is 18.8. The number of ether oxygens (including phenoxy) is 3. The molecule has 3 aromatic carbocycles. The first kappa shape index (κ1) is 24.7. The van der Waals surface area contributed by atoms with Gasteiger partial charge in [0.2, 0.25) is 0 Å². The molecule has 0 unspecified atom stereocenters. The Bertz CT molecular complexity index is 1250. The number of nitrogens with one attached hydrogen (secondary N) is 2. The van der Waals surface area contributed by atoms with Gasteiger partial charge in [-0.1, -0.05) is 31.2 Å². The summed E-state index contributed by atoms with van der Waals surface area (Å²) in [6.07, 6.45) is 0.819. The molecule has 0 bridgehead atoms. The lowest BCUT2D eigenvalue weighted by molar-refractivity contribution is -0.118. The Morgan fingerprint density at radius 2 is 1.56 bits per heavy atom. The molecular formula is C24H26N2O7S. The number of hydrogen-bond donors (Lipinski definition) is 3. The number of phenols is 1. The molecule has 34 heavy (non-hydrogen) atoms. The van der Waals surface area contributed by atoms with Crippen LogP contribution in [-0.2, 0) is 14.8 Å². The first-order valence-corrected chi connectivity index (χ1v) is 12.0. The number of amides is 1. The van der Waals surface area contributed by atoms with Gasteiger partial charge in [0.05, 0.1) is 30.0 Å². The van der Waals surface area contributed by atoms with Gasteiger partial charge in [-0.15, -0.1) is 0 Å². The zero-order valence-corrected chi connectivity index (χ0v) is 19.6. The Balaban J connectivity index is 1.71. The lowest BCUT2D eigenvalue weighted by Gasteiger charge is -2.14. The van der Waals surface area contributed by atoms with Gasteiger partial charge in [0.15, 0.2) is 18.1 Å². The lowest BCUT2D eigenvalue weighted by atomic mass is 10.3. The molecule has 0 aliphatic rings. The predicted molar refractivity (Wildman–Crippen MR) is 128 cm³/mol. The minimum Gasteiger partial charge on any atom is -0.506 e. The van der Waals surface area contributed by atoms with E-state index in [9.17, 15) is 18.3 Å². The molecule has 0 fully saturated rings. The Hall–Kier alpha value is -3.92. The number of hydrogen-bond acceptors (Lipinski definition) is 7. The van der Waals surface area contributed by atoms with Gasteiger partial charge in [0, 0.05) is 0 Å². The molecule has 10 heteroatoms. The lowest BCUT2D eigenvalue weighted by Crippen LogP contribution is -2.21. The molecule has 0 radical (unpaired) electrons. The Morgan fingerprint density at radius 1 is 0.912 bits per heavy atom. The summed E-state index contributed by atoms with van der Waals surface area (Å²) in [5.41, 5.74) is 0.174. The number of sulfonamides is 1. The van der Waals surface area contributed by atoms with Crippen LogP contribution in [0, 0.1) is 0 Å². The van der Waals surface area contributed by atoms with Crippen molar-refractivity contribution in [1.82, 2.24) is 0 Å². The van der Waals surface area contributed by atoms with Crippen molar-refractivity contribution in [2.24, 2.45) is 0 Å². The van der Waals surface area contributed by atoms with Crippen LogP contribution in [0.15, 0.2) is 71.6 Å². The second kappa shape index (κ2) is 11.3. The largest absolute Gasteiger partial charge is 0.506 e. The number of carbonyl (C=O) groups is 1. The summed E-state index contributed by atoms with van der Waals surface area (Å²) in [5, 5.41) is 12.6. The Kier molecular flexibility index (Phi) is 8.20. The maximum atomic E-state index is 12.9. The standard InChI is InChI=1S/C24H26N2O7S/c1-3-14-32-22-10-6-7-11-23(22)33-16-24(28)25-19-15-17(12-13-20(19)27)34(29,30)26-18-8-4-5-9-21(18)31-2/h4-13,15,26-27H,3,14,16H2,1-2H3,(H,25,28). The number of anilines is 2. The molecule has 0 aromatic heterocycles. The van der Waals surface area contributed by atoms with E-state index in [0.29, 0.717) is 23.9 Å². The highest BCUT2D eigenvalue weighted by Gasteiger charge is 2.19. The highest BCUT2D eigenvalue weighted by atomic mass is 32.2. The van der Waals surface area contributed by atoms with E-state index < -0.39 is 15.9 Å². The molecule has 0 aliphatic carbocycles. The summed E-state index contributed by atoms with van der Waals surface area (Å²) in [4.78, 5) is 12.3. The van der Waals surface area contributed by atoms with Crippen LogP contribution in [0.4, 0.5) is 11.4 Å². The molecule has 3 rings (SSSR count). The van der Waals surface area contributed by atoms with Crippen molar-refractivity contribution in [1.29, 1.82) is 0 Å². The molecule has 9 nitrogen and oxygen atoms in total. The van der Waals surface area contributed by atoms with E-state index in [1.54, 1.807) is 48.5 Å². The van der Waals surface area contributed by atoms with Gasteiger partial charge in [-0.2, -0.15) is 0 Å². The van der Waals surface area contributed by atoms with Crippen LogP contribution in [0.5, 0.6) is 23.0 Å². The number of aromatic hydroxyl groups is 1. The van der Waals surface area contributed by atoms with Crippen LogP contribution in [-0.4, -0.2) is 39.8 Å². The van der Waals surface area contributed by atoms with Crippen molar-refractivity contribution in [3.05, 3.63) is 66.7 Å². The topological polar surface area (TPSA) is 123 Å². The average molecular weight is 487 g/mol. The van der Waals surface area contributed by atoms with Gasteiger partial charge in [-0.3, -0.25) is 9.52 Å². The SMILES string of the molecule is CCCOc1ccccc1OCC(=O)Nc1cc(S(=O)(=O)Nc2ccccc2OC)ccc1O. The molecule has 0 saturated carbocycles. The van der Waals surface area contributed by atoms with Gasteiger partial charge in [0.1, 0.15) is 11.5 Å². The van der Waals surface area contributed by atoms with Crippen LogP contribution < -0.4 is 24.2 Å². The first-order chi connectivity index (χ1) is 16.3. The van der Waals surface area contributed by atoms with Crippen molar-refractivity contribution in [2.45, 2.75) is 18.2 Å². The van der Waals surface area contributed by atoms with E-state index in [-0.39, 0.29) is 28.6 Å². The maximum Gasteiger partial charge on any atom is 0.262 e. The summed E-state index contributed by atoms with van der Waals surface area (Å²) in [7, 11) is -2.60. The van der Waals surface area contributed by atoms with Crippen molar-refractivity contribution in [3.63, 3.8) is 0 Å². The molecule has 3 N–H and O–H groups in total. The summed E-state index contributed by atoms with van der Waals surface area (Å²) in [6.45, 7) is 2.11. The summed E-state index contributed by atoms with van der Waals surface area (Å²) >= 11 is 0. The Morgan fingerprint density at radius 3 is 2.24 bits per heavy atom. The van der Waals surface area contributed by atoms with Gasteiger partial charge >= 0.3 is 0 Å². The summed E-state index contributed by atoms with van der Waals surface area (Å²) < 4.78 is 44.5. The summed E-state index contributed by atoms with van der Waals surface area (Å²) in [5.74, 6) is 0.367. The fraction of sp³-hybridized carbons (Fsp3) is 0.208. The molecule has 0 heterocycles. The third kappa shape index (κ3) is 6.32. The van der Waals surface area contributed by atoms with Crippen LogP contribution in [0.25, 0.3) is 0 Å². The third-order valence-electron chi connectivity index (χ3n) is 4.57. The second-order valence-corrected chi connectivity index (χ2v) is 8.80. The van der Waals surface area contributed by atoms with E-state index in [2.05, 4.69) is 10.0 Å². The molecular weight excluding hydrogens is 460 g/mol. The maximum absolute atomic E-state index is 12.9. The average Bonchev–Trinajstić information content (AvgIpc) is 2.83. The monoisotopic (exact) mass is 486 g/mol. The smallest absolute Gasteiger partial charge is 0.262 e. The zero-order chi connectivity index (χ0) is 24.6. The van der Waals surface area contributed by atoms with Gasteiger partial charge in [0.25, 0.3) is 15.9 Å². The highest BCUT2D eigenvalue weighted by Crippen LogP contribution is 2.30. The normalized spacial score (nSPS) is 10.9. The van der Waals surface area contributed by atoms with E-state index in [1.807, 2.05) is 6.92 Å². The number of rotatable bonds is 11. The van der Waals surface area contributed by atoms with Gasteiger partial charge in [-0.25, -0.2) is 8.42 Å². The molecule has 0 aliphatic heterocycles. The van der Waals surface area contributed by atoms with Crippen LogP contribution in [0.1, 0.15) is 13.3 Å². The number of phenolic OH excluding ortho intramolecular Hbond substituents is 1. The van der Waals surface area contributed by atoms with Crippen LogP contribution in [0.2, 0.25) is 0 Å². The fourth-order valence-corrected chi connectivity index (χ4v) is 4.04. The minimum absolute atomic E-state index is 0.0768. The van der Waals surface area contributed by atoms with E-state index in [4.69, 9.17) is 14.2 Å². The van der Waals surface area contributed by atoms with Crippen molar-refractivity contribution >= 4 is 27.3 Å². The number of methoxy groups -OCH3 is 1. The highest BCUT2D eigenvalue weighted by molar-refractivity contribution is 7.92. The van der Waals surface area contributed by atoms with Gasteiger partial charge in [-0.05, 0) is 48.9 Å². The van der Waals surface area contributed by atoms with Crippen LogP contribution >= 0.6 is 0 Å². The fourth-order valence-electron chi connectivity index (χ4n) is 2.95. The van der Waals surface area contributed by atoms with E-state index >= 15 is 0 Å². The second-order valence-electron chi connectivity index (χ2n) is 7.12. The predicted octanol–water partition coefficient (Wildman–Crippen LogP) is 4.01. The molecule has 180 valence electrons. The molecule has 1 amide bonds. The van der Waals surface area contributed by atoms with Gasteiger partial charge < -0.3 is 24.6 Å². The molecule has 0 atom stereocenters. The molecule has 3 aromatic rings. The summed E-state index contributed by atoms with van der Waals surface area (Å²) in [6, 6.07) is 17.1. The number of carbonyl (C=O) groups excluding carboxylic acids is 1. The molecule has 0 spiro atoms. The minimum atomic E-state index is -4.03. The number of para-hydroxylation sites is 4. The Labute approximate surface area is 198 Å². The third-order valence-corrected chi connectivity index (χ3v) is 5.94. The molecule has 0 saturated heterocycles. The quantitative estimate of drug-likeness (QED) is 0.350.